The second kappa shape index (κ2) is 1.93. The highest BCUT2D eigenvalue weighted by atomic mass is 14.2. The molecule has 46 valence electrons. The Morgan fingerprint density at radius 2 is 2.12 bits per heavy atom. The molecule has 0 saturated carbocycles. The fourth-order valence-corrected chi connectivity index (χ4v) is 1.37. The SMILES string of the molecule is CC1=C[C@@H](C)[C@@H](C)C1. The van der Waals surface area contributed by atoms with Gasteiger partial charge in [-0.15, -0.1) is 0 Å². The van der Waals surface area contributed by atoms with E-state index in [4.69, 9.17) is 0 Å². The van der Waals surface area contributed by atoms with Crippen LogP contribution in [0.15, 0.2) is 11.6 Å². The van der Waals surface area contributed by atoms with Crippen LogP contribution in [-0.4, -0.2) is 0 Å². The summed E-state index contributed by atoms with van der Waals surface area (Å²) in [6.45, 7) is 6.83. The molecule has 0 aromatic heterocycles. The minimum atomic E-state index is 0.829. The van der Waals surface area contributed by atoms with Gasteiger partial charge in [-0.1, -0.05) is 25.5 Å². The van der Waals surface area contributed by atoms with Crippen LogP contribution in [0.5, 0.6) is 0 Å². The molecule has 0 nitrogen and oxygen atoms in total. The van der Waals surface area contributed by atoms with E-state index in [2.05, 4.69) is 26.8 Å². The van der Waals surface area contributed by atoms with Crippen molar-refractivity contribution in [3.63, 3.8) is 0 Å². The van der Waals surface area contributed by atoms with Gasteiger partial charge in [0, 0.05) is 0 Å². The van der Waals surface area contributed by atoms with Crippen LogP contribution < -0.4 is 0 Å². The predicted octanol–water partition coefficient (Wildman–Crippen LogP) is 2.61. The topological polar surface area (TPSA) is 0 Å². The molecule has 1 aliphatic rings. The first-order valence-corrected chi connectivity index (χ1v) is 3.37. The molecule has 0 heteroatoms. The molecule has 0 aromatic rings. The first-order valence-electron chi connectivity index (χ1n) is 3.37. The van der Waals surface area contributed by atoms with E-state index >= 15 is 0 Å². The fourth-order valence-electron chi connectivity index (χ4n) is 1.37. The van der Waals surface area contributed by atoms with Gasteiger partial charge in [-0.05, 0) is 25.2 Å². The van der Waals surface area contributed by atoms with Crippen LogP contribution in [-0.2, 0) is 0 Å². The van der Waals surface area contributed by atoms with Gasteiger partial charge in [-0.25, -0.2) is 0 Å². The van der Waals surface area contributed by atoms with Crippen molar-refractivity contribution in [2.45, 2.75) is 27.2 Å². The van der Waals surface area contributed by atoms with Crippen molar-refractivity contribution in [3.05, 3.63) is 11.6 Å². The summed E-state index contributed by atoms with van der Waals surface area (Å²) in [6.07, 6.45) is 3.70. The van der Waals surface area contributed by atoms with Gasteiger partial charge in [-0.2, -0.15) is 0 Å². The molecular weight excluding hydrogens is 96.1 g/mol. The van der Waals surface area contributed by atoms with Crippen molar-refractivity contribution in [2.24, 2.45) is 11.8 Å². The highest BCUT2D eigenvalue weighted by Gasteiger charge is 2.16. The van der Waals surface area contributed by atoms with Crippen molar-refractivity contribution >= 4 is 0 Å². The lowest BCUT2D eigenvalue weighted by Gasteiger charge is -2.05. The van der Waals surface area contributed by atoms with Crippen LogP contribution in [0.4, 0.5) is 0 Å². The van der Waals surface area contributed by atoms with Crippen LogP contribution in [0, 0.1) is 11.8 Å². The zero-order valence-electron chi connectivity index (χ0n) is 5.94. The average molecular weight is 110 g/mol. The maximum absolute atomic E-state index is 2.38. The van der Waals surface area contributed by atoms with Gasteiger partial charge < -0.3 is 0 Å². The molecule has 0 aromatic carbocycles. The normalized spacial score (nSPS) is 37.6. The monoisotopic (exact) mass is 110 g/mol. The molecule has 0 heterocycles. The second-order valence-corrected chi connectivity index (χ2v) is 3.05. The van der Waals surface area contributed by atoms with E-state index in [0.29, 0.717) is 0 Å². The molecule has 1 rings (SSSR count). The van der Waals surface area contributed by atoms with Crippen molar-refractivity contribution in [2.75, 3.05) is 0 Å². The van der Waals surface area contributed by atoms with Gasteiger partial charge in [0.2, 0.25) is 0 Å². The first kappa shape index (κ1) is 5.87. The fraction of sp³-hybridized carbons (Fsp3) is 0.750. The van der Waals surface area contributed by atoms with E-state index in [1.807, 2.05) is 0 Å². The Morgan fingerprint density at radius 3 is 2.25 bits per heavy atom. The third-order valence-corrected chi connectivity index (χ3v) is 2.09. The lowest BCUT2D eigenvalue weighted by Crippen LogP contribution is -1.96. The maximum atomic E-state index is 2.38. The third kappa shape index (κ3) is 0.936. The predicted molar refractivity (Wildman–Crippen MR) is 36.7 cm³/mol. The van der Waals surface area contributed by atoms with E-state index in [0.717, 1.165) is 11.8 Å². The molecule has 0 unspecified atom stereocenters. The standard InChI is InChI=1S/C8H14/c1-6-4-7(2)8(3)5-6/h4,7-8H,5H2,1-3H3/t7-,8+/m1/s1. The number of hydrogen-bond acceptors (Lipinski definition) is 0. The highest BCUT2D eigenvalue weighted by Crippen LogP contribution is 2.28. The van der Waals surface area contributed by atoms with Crippen molar-refractivity contribution in [1.29, 1.82) is 0 Å². The molecule has 2 atom stereocenters. The minimum absolute atomic E-state index is 0.829. The molecule has 0 aliphatic heterocycles. The Hall–Kier alpha value is -0.260. The van der Waals surface area contributed by atoms with Crippen LogP contribution in [0.1, 0.15) is 27.2 Å². The zero-order chi connectivity index (χ0) is 6.15. The minimum Gasteiger partial charge on any atom is -0.0825 e. The largest absolute Gasteiger partial charge is 0.0825 e. The van der Waals surface area contributed by atoms with E-state index in [-0.39, 0.29) is 0 Å². The molecule has 8 heavy (non-hydrogen) atoms. The van der Waals surface area contributed by atoms with Gasteiger partial charge in [-0.3, -0.25) is 0 Å². The summed E-state index contributed by atoms with van der Waals surface area (Å²) in [7, 11) is 0. The second-order valence-electron chi connectivity index (χ2n) is 3.05. The molecule has 0 bridgehead atoms. The Labute approximate surface area is 51.6 Å². The summed E-state index contributed by atoms with van der Waals surface area (Å²) >= 11 is 0. The lowest BCUT2D eigenvalue weighted by molar-refractivity contribution is 0.494. The number of hydrogen-bond donors (Lipinski definition) is 0. The summed E-state index contributed by atoms with van der Waals surface area (Å²) < 4.78 is 0. The van der Waals surface area contributed by atoms with Gasteiger partial charge in [0.25, 0.3) is 0 Å². The van der Waals surface area contributed by atoms with Crippen molar-refractivity contribution < 1.29 is 0 Å². The first-order chi connectivity index (χ1) is 3.70. The van der Waals surface area contributed by atoms with E-state index < -0.39 is 0 Å². The molecule has 0 spiro atoms. The lowest BCUT2D eigenvalue weighted by atomic mass is 10.0. The maximum Gasteiger partial charge on any atom is -0.0231 e. The van der Waals surface area contributed by atoms with Crippen molar-refractivity contribution in [1.82, 2.24) is 0 Å². The van der Waals surface area contributed by atoms with Crippen LogP contribution in [0.25, 0.3) is 0 Å². The van der Waals surface area contributed by atoms with Crippen LogP contribution in [0.3, 0.4) is 0 Å². The smallest absolute Gasteiger partial charge is 0.0231 e. The van der Waals surface area contributed by atoms with Gasteiger partial charge in [0.15, 0.2) is 0 Å². The van der Waals surface area contributed by atoms with Gasteiger partial charge in [0.05, 0.1) is 0 Å². The Bertz CT molecular complexity index is 111. The Kier molecular flexibility index (Phi) is 1.41. The molecule has 0 saturated heterocycles. The average Bonchev–Trinajstić information content (AvgIpc) is 1.85. The van der Waals surface area contributed by atoms with E-state index in [1.165, 1.54) is 6.42 Å². The number of allylic oxidation sites excluding steroid dienone is 2. The van der Waals surface area contributed by atoms with Crippen LogP contribution in [0.2, 0.25) is 0 Å². The summed E-state index contributed by atoms with van der Waals surface area (Å²) in [4.78, 5) is 0. The van der Waals surface area contributed by atoms with Crippen LogP contribution >= 0.6 is 0 Å². The third-order valence-electron chi connectivity index (χ3n) is 2.09. The van der Waals surface area contributed by atoms with Gasteiger partial charge >= 0.3 is 0 Å². The Balaban J connectivity index is 2.56. The number of rotatable bonds is 0. The molecule has 0 radical (unpaired) electrons. The summed E-state index contributed by atoms with van der Waals surface area (Å²) in [5.74, 6) is 1.73. The van der Waals surface area contributed by atoms with E-state index in [1.54, 1.807) is 5.57 Å². The summed E-state index contributed by atoms with van der Waals surface area (Å²) in [5.41, 5.74) is 1.57. The van der Waals surface area contributed by atoms with Crippen molar-refractivity contribution in [3.8, 4) is 0 Å². The molecule has 0 amide bonds. The quantitative estimate of drug-likeness (QED) is 0.420. The molecule has 1 aliphatic carbocycles. The highest BCUT2D eigenvalue weighted by molar-refractivity contribution is 5.09. The van der Waals surface area contributed by atoms with Gasteiger partial charge in [0.1, 0.15) is 0 Å². The summed E-state index contributed by atoms with van der Waals surface area (Å²) in [5, 5.41) is 0. The summed E-state index contributed by atoms with van der Waals surface area (Å²) in [6, 6.07) is 0. The molecule has 0 N–H and O–H groups in total. The van der Waals surface area contributed by atoms with E-state index in [9.17, 15) is 0 Å². The zero-order valence-corrected chi connectivity index (χ0v) is 5.94. The Morgan fingerprint density at radius 1 is 1.50 bits per heavy atom. The molecule has 0 fully saturated rings. The molecular formula is C8H14.